The van der Waals surface area contributed by atoms with E-state index < -0.39 is 0 Å². The zero-order chi connectivity index (χ0) is 18.4. The molecule has 27 heavy (non-hydrogen) atoms. The summed E-state index contributed by atoms with van der Waals surface area (Å²) in [4.78, 5) is 1.99. The highest BCUT2D eigenvalue weighted by atomic mass is 32.2. The van der Waals surface area contributed by atoms with Crippen molar-refractivity contribution in [2.75, 3.05) is 0 Å². The number of H-pyrrole nitrogens is 1. The Hall–Kier alpha value is -3.57. The molecule has 5 rings (SSSR count). The van der Waals surface area contributed by atoms with E-state index in [1.165, 1.54) is 0 Å². The summed E-state index contributed by atoms with van der Waals surface area (Å²) >= 11 is 1.59. The number of hydrogen-bond acceptors (Lipinski definition) is 5. The second-order valence-corrected chi connectivity index (χ2v) is 7.24. The smallest absolute Gasteiger partial charge is 0.103 e. The maximum absolute atomic E-state index is 9.50. The molecular weight excluding hydrogens is 358 g/mol. The van der Waals surface area contributed by atoms with Crippen molar-refractivity contribution < 1.29 is 0 Å². The lowest BCUT2D eigenvalue weighted by Crippen LogP contribution is -1.92. The number of hydrogen-bond donors (Lipinski definition) is 1. The fraction of sp³-hybridized carbons (Fsp3) is 0.0526. The molecule has 1 N–H and O–H groups in total. The number of benzene rings is 1. The van der Waals surface area contributed by atoms with Crippen LogP contribution in [0.4, 0.5) is 0 Å². The summed E-state index contributed by atoms with van der Waals surface area (Å²) in [6.45, 7) is 0. The Morgan fingerprint density at radius 1 is 1.07 bits per heavy atom. The number of aryl methyl sites for hydroxylation is 1. The molecule has 0 radical (unpaired) electrons. The number of para-hydroxylation sites is 1. The standard InChI is InChI=1S/C19H13N7S/c1-25-10-15(9-22-25)13-5-17(19-14(6-20)8-23-26(19)11-13)27-16-4-2-3-12-7-21-24-18(12)16/h2-5,7-11H,1H3,(H,21,24). The van der Waals surface area contributed by atoms with Crippen molar-refractivity contribution in [3.8, 4) is 17.2 Å². The Balaban J connectivity index is 1.72. The Bertz CT molecular complexity index is 1340. The first-order chi connectivity index (χ1) is 13.2. The van der Waals surface area contributed by atoms with Crippen LogP contribution in [0.1, 0.15) is 5.56 Å². The predicted molar refractivity (Wildman–Crippen MR) is 102 cm³/mol. The first kappa shape index (κ1) is 15.7. The van der Waals surface area contributed by atoms with Crippen LogP contribution >= 0.6 is 11.8 Å². The normalized spacial score (nSPS) is 11.3. The minimum absolute atomic E-state index is 0.548. The van der Waals surface area contributed by atoms with Crippen molar-refractivity contribution in [1.29, 1.82) is 5.26 Å². The predicted octanol–water partition coefficient (Wildman–Crippen LogP) is 3.63. The summed E-state index contributed by atoms with van der Waals surface area (Å²) in [6.07, 6.45) is 9.11. The average Bonchev–Trinajstić information content (AvgIpc) is 3.40. The third-order valence-corrected chi connectivity index (χ3v) is 5.49. The number of aromatic nitrogens is 6. The molecule has 0 bridgehead atoms. The van der Waals surface area contributed by atoms with E-state index in [9.17, 15) is 5.26 Å². The van der Waals surface area contributed by atoms with Gasteiger partial charge in [0.15, 0.2) is 0 Å². The van der Waals surface area contributed by atoms with E-state index in [1.807, 2.05) is 43.8 Å². The molecular formula is C19H13N7S. The minimum Gasteiger partial charge on any atom is -0.277 e. The molecule has 5 aromatic rings. The highest BCUT2D eigenvalue weighted by Gasteiger charge is 2.15. The van der Waals surface area contributed by atoms with E-state index >= 15 is 0 Å². The first-order valence-electron chi connectivity index (χ1n) is 8.23. The van der Waals surface area contributed by atoms with E-state index in [2.05, 4.69) is 32.5 Å². The Labute approximate surface area is 158 Å². The fourth-order valence-corrected chi connectivity index (χ4v) is 4.25. The molecule has 0 aliphatic heterocycles. The van der Waals surface area contributed by atoms with E-state index in [0.717, 1.165) is 37.3 Å². The molecule has 0 fully saturated rings. The van der Waals surface area contributed by atoms with Crippen molar-refractivity contribution in [2.24, 2.45) is 7.05 Å². The molecule has 130 valence electrons. The van der Waals surface area contributed by atoms with Crippen LogP contribution in [-0.2, 0) is 7.05 Å². The van der Waals surface area contributed by atoms with Crippen LogP contribution < -0.4 is 0 Å². The molecule has 0 atom stereocenters. The zero-order valence-electron chi connectivity index (χ0n) is 14.3. The Morgan fingerprint density at radius 2 is 2.00 bits per heavy atom. The molecule has 0 spiro atoms. The average molecular weight is 371 g/mol. The van der Waals surface area contributed by atoms with Gasteiger partial charge in [-0.3, -0.25) is 9.78 Å². The summed E-state index contributed by atoms with van der Waals surface area (Å²) in [7, 11) is 1.89. The Kier molecular flexibility index (Phi) is 3.48. The summed E-state index contributed by atoms with van der Waals surface area (Å²) in [6, 6.07) is 10.4. The first-order valence-corrected chi connectivity index (χ1v) is 9.05. The molecule has 7 nitrogen and oxygen atoms in total. The molecule has 4 aromatic heterocycles. The summed E-state index contributed by atoms with van der Waals surface area (Å²) in [5.41, 5.74) is 4.31. The Morgan fingerprint density at radius 3 is 2.81 bits per heavy atom. The van der Waals surface area contributed by atoms with Crippen molar-refractivity contribution in [2.45, 2.75) is 9.79 Å². The van der Waals surface area contributed by atoms with E-state index in [0.29, 0.717) is 5.56 Å². The summed E-state index contributed by atoms with van der Waals surface area (Å²) in [5, 5.41) is 26.4. The number of rotatable bonds is 3. The number of aromatic amines is 1. The van der Waals surface area contributed by atoms with Gasteiger partial charge >= 0.3 is 0 Å². The molecule has 0 unspecified atom stereocenters. The van der Waals surface area contributed by atoms with Gasteiger partial charge < -0.3 is 0 Å². The van der Waals surface area contributed by atoms with Gasteiger partial charge in [-0.15, -0.1) is 0 Å². The van der Waals surface area contributed by atoms with Crippen LogP contribution in [0.5, 0.6) is 0 Å². The van der Waals surface area contributed by atoms with Gasteiger partial charge in [0.1, 0.15) is 6.07 Å². The van der Waals surface area contributed by atoms with Crippen molar-refractivity contribution in [3.63, 3.8) is 0 Å². The number of nitriles is 1. The second kappa shape index (κ2) is 6.00. The fourth-order valence-electron chi connectivity index (χ4n) is 3.12. The van der Waals surface area contributed by atoms with Crippen LogP contribution in [0.25, 0.3) is 27.5 Å². The van der Waals surface area contributed by atoms with E-state index in [4.69, 9.17) is 0 Å². The topological polar surface area (TPSA) is 87.6 Å². The molecule has 0 aliphatic rings. The van der Waals surface area contributed by atoms with E-state index in [-0.39, 0.29) is 0 Å². The minimum atomic E-state index is 0.548. The van der Waals surface area contributed by atoms with Crippen LogP contribution in [0, 0.1) is 11.3 Å². The van der Waals surface area contributed by atoms with Crippen molar-refractivity contribution in [3.05, 3.63) is 60.8 Å². The van der Waals surface area contributed by atoms with Gasteiger partial charge in [-0.25, -0.2) is 4.52 Å². The summed E-state index contributed by atoms with van der Waals surface area (Å²) < 4.78 is 3.53. The van der Waals surface area contributed by atoms with Crippen molar-refractivity contribution >= 4 is 28.2 Å². The van der Waals surface area contributed by atoms with Gasteiger partial charge in [0.2, 0.25) is 0 Å². The lowest BCUT2D eigenvalue weighted by molar-refractivity contribution is 0.768. The molecule has 0 saturated carbocycles. The number of nitrogens with one attached hydrogen (secondary N) is 1. The summed E-state index contributed by atoms with van der Waals surface area (Å²) in [5.74, 6) is 0. The zero-order valence-corrected chi connectivity index (χ0v) is 15.1. The maximum atomic E-state index is 9.50. The molecule has 0 aliphatic carbocycles. The van der Waals surface area contributed by atoms with Crippen LogP contribution in [-0.4, -0.2) is 29.6 Å². The quantitative estimate of drug-likeness (QED) is 0.523. The highest BCUT2D eigenvalue weighted by molar-refractivity contribution is 7.99. The number of pyridine rings is 1. The SMILES string of the molecule is Cn1cc(-c2cc(Sc3cccc4cn[nH]c34)c3c(C#N)cnn3c2)cn1. The van der Waals surface area contributed by atoms with Gasteiger partial charge in [-0.1, -0.05) is 23.9 Å². The molecule has 0 saturated heterocycles. The lowest BCUT2D eigenvalue weighted by Gasteiger charge is -2.08. The highest BCUT2D eigenvalue weighted by Crippen LogP contribution is 2.38. The van der Waals surface area contributed by atoms with Gasteiger partial charge in [0, 0.05) is 45.7 Å². The molecule has 0 amide bonds. The molecule has 8 heteroatoms. The molecule has 1 aromatic carbocycles. The third kappa shape index (κ3) is 2.56. The van der Waals surface area contributed by atoms with Gasteiger partial charge in [-0.2, -0.15) is 20.6 Å². The maximum Gasteiger partial charge on any atom is 0.103 e. The molecule has 4 heterocycles. The number of nitrogens with zero attached hydrogens (tertiary/aromatic N) is 6. The van der Waals surface area contributed by atoms with Crippen molar-refractivity contribution in [1.82, 2.24) is 29.6 Å². The largest absolute Gasteiger partial charge is 0.277 e. The third-order valence-electron chi connectivity index (χ3n) is 4.39. The van der Waals surface area contributed by atoms with Gasteiger partial charge in [0.25, 0.3) is 0 Å². The second-order valence-electron chi connectivity index (χ2n) is 6.15. The van der Waals surface area contributed by atoms with Gasteiger partial charge in [0.05, 0.1) is 35.2 Å². The van der Waals surface area contributed by atoms with E-state index in [1.54, 1.807) is 33.4 Å². The monoisotopic (exact) mass is 371 g/mol. The van der Waals surface area contributed by atoms with Gasteiger partial charge in [-0.05, 0) is 12.1 Å². The lowest BCUT2D eigenvalue weighted by atomic mass is 10.1. The van der Waals surface area contributed by atoms with Crippen LogP contribution in [0.2, 0.25) is 0 Å². The van der Waals surface area contributed by atoms with Crippen LogP contribution in [0.3, 0.4) is 0 Å². The van der Waals surface area contributed by atoms with Crippen LogP contribution in [0.15, 0.2) is 65.0 Å². The number of fused-ring (bicyclic) bond motifs is 2.